The van der Waals surface area contributed by atoms with Gasteiger partial charge in [0, 0.05) is 37.8 Å². The molecule has 0 saturated carbocycles. The average molecular weight is 543 g/mol. The van der Waals surface area contributed by atoms with Crippen LogP contribution < -0.4 is 4.90 Å². The van der Waals surface area contributed by atoms with Crippen LogP contribution in [0.15, 0.2) is 60.1 Å². The first-order valence-corrected chi connectivity index (χ1v) is 14.9. The monoisotopic (exact) mass is 542 g/mol. The molecule has 0 aliphatic carbocycles. The van der Waals surface area contributed by atoms with Crippen LogP contribution in [0.3, 0.4) is 0 Å². The second-order valence-corrected chi connectivity index (χ2v) is 11.9. The Bertz CT molecular complexity index is 1350. The number of hydrogen-bond acceptors (Lipinski definition) is 6. The number of imide groups is 1. The minimum atomic E-state index is -0.425. The van der Waals surface area contributed by atoms with Gasteiger partial charge in [-0.25, -0.2) is 4.98 Å². The van der Waals surface area contributed by atoms with Crippen molar-refractivity contribution in [3.05, 3.63) is 81.8 Å². The molecule has 202 valence electrons. The normalized spacial score (nSPS) is 20.8. The third-order valence-corrected chi connectivity index (χ3v) is 9.47. The number of piperidine rings is 2. The summed E-state index contributed by atoms with van der Waals surface area (Å²) in [6, 6.07) is 15.7. The number of carbonyl (C=O) groups is 3. The van der Waals surface area contributed by atoms with E-state index in [-0.39, 0.29) is 23.6 Å². The predicted octanol–water partition coefficient (Wildman–Crippen LogP) is 5.20. The molecule has 0 N–H and O–H groups in total. The molecule has 3 aliphatic heterocycles. The molecular formula is C31H34N4O3S. The topological polar surface area (TPSA) is 73.8 Å². The molecule has 0 radical (unpaired) electrons. The molecular weight excluding hydrogens is 508 g/mol. The number of benzene rings is 2. The van der Waals surface area contributed by atoms with Crippen molar-refractivity contribution in [3.63, 3.8) is 0 Å². The molecule has 39 heavy (non-hydrogen) atoms. The van der Waals surface area contributed by atoms with E-state index in [0.29, 0.717) is 23.6 Å². The van der Waals surface area contributed by atoms with Crippen LogP contribution in [0.4, 0.5) is 5.69 Å². The van der Waals surface area contributed by atoms with E-state index in [1.807, 2.05) is 24.4 Å². The number of rotatable bonds is 6. The zero-order valence-electron chi connectivity index (χ0n) is 22.3. The van der Waals surface area contributed by atoms with E-state index in [9.17, 15) is 14.4 Å². The van der Waals surface area contributed by atoms with Gasteiger partial charge in [0.25, 0.3) is 11.8 Å². The minimum Gasteiger partial charge on any atom is -0.370 e. The van der Waals surface area contributed by atoms with Gasteiger partial charge in [-0.3, -0.25) is 19.3 Å². The van der Waals surface area contributed by atoms with Crippen LogP contribution in [0, 0.1) is 11.8 Å². The molecule has 3 aromatic rings. The summed E-state index contributed by atoms with van der Waals surface area (Å²) in [7, 11) is 0. The van der Waals surface area contributed by atoms with Crippen LogP contribution in [-0.2, 0) is 11.2 Å². The van der Waals surface area contributed by atoms with Crippen LogP contribution in [0.2, 0.25) is 0 Å². The second kappa shape index (κ2) is 10.9. The van der Waals surface area contributed by atoms with Gasteiger partial charge in [-0.2, -0.15) is 0 Å². The molecule has 2 saturated heterocycles. The Kier molecular flexibility index (Phi) is 7.21. The highest BCUT2D eigenvalue weighted by Gasteiger charge is 2.43. The maximum Gasteiger partial charge on any atom is 0.264 e. The highest BCUT2D eigenvalue weighted by Crippen LogP contribution is 2.38. The number of hydrogen-bond donors (Lipinski definition) is 0. The van der Waals surface area contributed by atoms with Crippen LogP contribution >= 0.6 is 11.3 Å². The molecule has 7 nitrogen and oxygen atoms in total. The predicted molar refractivity (Wildman–Crippen MR) is 152 cm³/mol. The highest BCUT2D eigenvalue weighted by molar-refractivity contribution is 7.09. The maximum atomic E-state index is 13.6. The van der Waals surface area contributed by atoms with E-state index in [0.717, 1.165) is 62.4 Å². The number of thiazole rings is 1. The van der Waals surface area contributed by atoms with Crippen LogP contribution in [0.1, 0.15) is 69.9 Å². The Morgan fingerprint density at radius 2 is 1.79 bits per heavy atom. The number of fused-ring (bicyclic) bond motifs is 1. The molecule has 0 unspecified atom stereocenters. The summed E-state index contributed by atoms with van der Waals surface area (Å²) >= 11 is 1.44. The number of likely N-dealkylation sites (tertiary alicyclic amines) is 1. The quantitative estimate of drug-likeness (QED) is 0.401. The van der Waals surface area contributed by atoms with Crippen molar-refractivity contribution in [2.75, 3.05) is 31.1 Å². The van der Waals surface area contributed by atoms with E-state index in [1.165, 1.54) is 21.8 Å². The maximum absolute atomic E-state index is 13.6. The Morgan fingerprint density at radius 3 is 2.54 bits per heavy atom. The molecule has 0 bridgehead atoms. The summed E-state index contributed by atoms with van der Waals surface area (Å²) in [5.74, 6) is 0.193. The Morgan fingerprint density at radius 1 is 1.00 bits per heavy atom. The summed E-state index contributed by atoms with van der Waals surface area (Å²) in [5.41, 5.74) is 3.03. The first kappa shape index (κ1) is 25.7. The van der Waals surface area contributed by atoms with Crippen LogP contribution in [0.5, 0.6) is 0 Å². The van der Waals surface area contributed by atoms with Gasteiger partial charge >= 0.3 is 0 Å². The molecule has 1 aromatic heterocycles. The summed E-state index contributed by atoms with van der Waals surface area (Å²) in [5, 5.41) is 2.59. The summed E-state index contributed by atoms with van der Waals surface area (Å²) in [6.45, 7) is 4.80. The third-order valence-electron chi connectivity index (χ3n) is 8.53. The van der Waals surface area contributed by atoms with Crippen molar-refractivity contribution in [1.29, 1.82) is 0 Å². The molecule has 3 aliphatic rings. The van der Waals surface area contributed by atoms with Crippen molar-refractivity contribution >= 4 is 34.7 Å². The van der Waals surface area contributed by atoms with E-state index in [2.05, 4.69) is 45.1 Å². The SMILES string of the molecule is C[C@H](c1nccs1)N1C(=O)c2cccc(N3CCC[C@H](C(=O)N4CCC(Cc5ccccc5)CC4)C3)c2C1=O. The lowest BCUT2D eigenvalue weighted by Crippen LogP contribution is -2.47. The number of nitrogens with zero attached hydrogens (tertiary/aromatic N) is 4. The van der Waals surface area contributed by atoms with Crippen molar-refractivity contribution in [2.45, 2.75) is 45.1 Å². The van der Waals surface area contributed by atoms with E-state index in [4.69, 9.17) is 0 Å². The van der Waals surface area contributed by atoms with Gasteiger partial charge in [-0.05, 0) is 62.6 Å². The largest absolute Gasteiger partial charge is 0.370 e. The lowest BCUT2D eigenvalue weighted by Gasteiger charge is -2.39. The van der Waals surface area contributed by atoms with Gasteiger partial charge in [0.05, 0.1) is 28.8 Å². The van der Waals surface area contributed by atoms with Gasteiger partial charge in [0.2, 0.25) is 5.91 Å². The number of carbonyl (C=O) groups excluding carboxylic acids is 3. The smallest absolute Gasteiger partial charge is 0.264 e. The molecule has 2 aromatic carbocycles. The number of anilines is 1. The van der Waals surface area contributed by atoms with Crippen LogP contribution in [0.25, 0.3) is 0 Å². The van der Waals surface area contributed by atoms with Crippen molar-refractivity contribution < 1.29 is 14.4 Å². The van der Waals surface area contributed by atoms with Crippen LogP contribution in [-0.4, -0.2) is 58.7 Å². The molecule has 4 heterocycles. The fourth-order valence-corrected chi connectivity index (χ4v) is 7.10. The summed E-state index contributed by atoms with van der Waals surface area (Å²) in [4.78, 5) is 50.4. The van der Waals surface area contributed by atoms with Gasteiger partial charge in [0.1, 0.15) is 5.01 Å². The number of amides is 3. The first-order valence-electron chi connectivity index (χ1n) is 14.0. The van der Waals surface area contributed by atoms with Gasteiger partial charge in [-0.1, -0.05) is 36.4 Å². The first-order chi connectivity index (χ1) is 19.0. The fraction of sp³-hybridized carbons (Fsp3) is 0.419. The van der Waals surface area contributed by atoms with Gasteiger partial charge in [-0.15, -0.1) is 11.3 Å². The lowest BCUT2D eigenvalue weighted by molar-refractivity contribution is -0.137. The number of aromatic nitrogens is 1. The van der Waals surface area contributed by atoms with Crippen molar-refractivity contribution in [1.82, 2.24) is 14.8 Å². The highest BCUT2D eigenvalue weighted by atomic mass is 32.1. The van der Waals surface area contributed by atoms with Crippen molar-refractivity contribution in [2.24, 2.45) is 11.8 Å². The molecule has 6 rings (SSSR count). The molecule has 3 amide bonds. The average Bonchev–Trinajstić information content (AvgIpc) is 3.60. The fourth-order valence-electron chi connectivity index (χ4n) is 6.41. The van der Waals surface area contributed by atoms with Gasteiger partial charge < -0.3 is 9.80 Å². The van der Waals surface area contributed by atoms with E-state index in [1.54, 1.807) is 12.3 Å². The zero-order chi connectivity index (χ0) is 26.9. The summed E-state index contributed by atoms with van der Waals surface area (Å²) < 4.78 is 0. The zero-order valence-corrected chi connectivity index (χ0v) is 23.1. The van der Waals surface area contributed by atoms with E-state index >= 15 is 0 Å². The standard InChI is InChI=1S/C31H34N4O3S/c1-21(28-32-14-18-39-28)35-30(37)25-10-5-11-26(27(25)31(35)38)34-15-6-9-24(20-34)29(36)33-16-12-23(13-17-33)19-22-7-3-2-4-8-22/h2-5,7-8,10-11,14,18,21,23-24H,6,9,12-13,15-17,19-20H2,1H3/t21-,24+/m1/s1. The lowest BCUT2D eigenvalue weighted by atomic mass is 9.88. The molecule has 8 heteroatoms. The molecule has 2 fully saturated rings. The molecule has 0 spiro atoms. The molecule has 2 atom stereocenters. The Balaban J connectivity index is 1.13. The second-order valence-electron chi connectivity index (χ2n) is 11.0. The Labute approximate surface area is 233 Å². The van der Waals surface area contributed by atoms with E-state index < -0.39 is 6.04 Å². The Hall–Kier alpha value is -3.52. The minimum absolute atomic E-state index is 0.0992. The summed E-state index contributed by atoms with van der Waals surface area (Å²) in [6.07, 6.45) is 6.57. The third kappa shape index (κ3) is 4.98. The van der Waals surface area contributed by atoms with Gasteiger partial charge in [0.15, 0.2) is 0 Å². The van der Waals surface area contributed by atoms with Crippen molar-refractivity contribution in [3.8, 4) is 0 Å².